The number of nitrogens with zero attached hydrogens (tertiary/aromatic N) is 1. The summed E-state index contributed by atoms with van der Waals surface area (Å²) in [5.74, 6) is -0.283. The van der Waals surface area contributed by atoms with Crippen molar-refractivity contribution >= 4 is 39.3 Å². The normalized spacial score (nSPS) is 20.1. The molecule has 4 rings (SSSR count). The van der Waals surface area contributed by atoms with Crippen LogP contribution in [-0.2, 0) is 20.9 Å². The summed E-state index contributed by atoms with van der Waals surface area (Å²) in [5.41, 5.74) is 1.94. The highest BCUT2D eigenvalue weighted by molar-refractivity contribution is 8.77. The van der Waals surface area contributed by atoms with E-state index in [4.69, 9.17) is 4.74 Å². The van der Waals surface area contributed by atoms with Crippen molar-refractivity contribution in [2.75, 3.05) is 5.75 Å². The molecule has 0 N–H and O–H groups in total. The molecule has 1 unspecified atom stereocenters. The van der Waals surface area contributed by atoms with Crippen molar-refractivity contribution in [1.82, 2.24) is 4.57 Å². The van der Waals surface area contributed by atoms with Gasteiger partial charge in [-0.25, -0.2) is 0 Å². The van der Waals surface area contributed by atoms with Crippen LogP contribution >= 0.6 is 21.6 Å². The highest BCUT2D eigenvalue weighted by Gasteiger charge is 2.34. The summed E-state index contributed by atoms with van der Waals surface area (Å²) in [4.78, 5) is 37.4. The van der Waals surface area contributed by atoms with Gasteiger partial charge in [0.1, 0.15) is 0 Å². The van der Waals surface area contributed by atoms with Crippen LogP contribution in [0.1, 0.15) is 66.2 Å². The average Bonchev–Trinajstić information content (AvgIpc) is 3.49. The van der Waals surface area contributed by atoms with Crippen molar-refractivity contribution in [1.29, 1.82) is 0 Å². The van der Waals surface area contributed by atoms with Gasteiger partial charge in [0.15, 0.2) is 0 Å². The summed E-state index contributed by atoms with van der Waals surface area (Å²) in [6, 6.07) is 12.7. The number of rotatable bonds is 8. The van der Waals surface area contributed by atoms with Crippen molar-refractivity contribution in [2.24, 2.45) is 0 Å². The third kappa shape index (κ3) is 4.83. The molecule has 0 amide bonds. The predicted octanol–water partition coefficient (Wildman–Crippen LogP) is 4.99. The number of carbonyl (C=O) groups excluding carboxylic acids is 3. The molecule has 2 aromatic rings. The lowest BCUT2D eigenvalue weighted by molar-refractivity contribution is -0.160. The minimum atomic E-state index is -0.502. The van der Waals surface area contributed by atoms with Gasteiger partial charge in [-0.15, -0.1) is 0 Å². The maximum Gasteiger partial charge on any atom is 0.322 e. The van der Waals surface area contributed by atoms with E-state index in [0.29, 0.717) is 29.5 Å². The van der Waals surface area contributed by atoms with E-state index in [0.717, 1.165) is 25.0 Å². The molecule has 0 bridgehead atoms. The number of hydrogen-bond acceptors (Lipinski definition) is 6. The van der Waals surface area contributed by atoms with E-state index in [2.05, 4.69) is 0 Å². The molecule has 0 aliphatic carbocycles. The molecule has 158 valence electrons. The molecular weight excluding hydrogens is 418 g/mol. The van der Waals surface area contributed by atoms with Crippen molar-refractivity contribution in [3.8, 4) is 0 Å². The summed E-state index contributed by atoms with van der Waals surface area (Å²) in [5, 5.41) is 0.701. The molecule has 0 radical (unpaired) electrons. The van der Waals surface area contributed by atoms with Gasteiger partial charge in [-0.05, 0) is 37.8 Å². The first-order valence-electron chi connectivity index (χ1n) is 10.5. The van der Waals surface area contributed by atoms with Crippen molar-refractivity contribution in [3.05, 3.63) is 59.4 Å². The standard InChI is InChI=1S/C23H25NO4S2/c25-21(9-5-4-8-17-13-15-29-30-17)28-23(27)18-12-14-24-19(18)10-11-20(24)22(26)16-6-2-1-3-7-16/h1-3,6-7,10-11,17-18H,4-5,8-9,12-15H2/t17-,18?/m0/s1. The van der Waals surface area contributed by atoms with Gasteiger partial charge in [0.05, 0.1) is 11.6 Å². The second-order valence-corrected chi connectivity index (χ2v) is 10.5. The number of aromatic nitrogens is 1. The predicted molar refractivity (Wildman–Crippen MR) is 120 cm³/mol. The van der Waals surface area contributed by atoms with Gasteiger partial charge in [0.2, 0.25) is 5.78 Å². The average molecular weight is 444 g/mol. The fourth-order valence-corrected chi connectivity index (χ4v) is 7.09. The van der Waals surface area contributed by atoms with Gasteiger partial charge in [-0.2, -0.15) is 0 Å². The molecule has 5 nitrogen and oxygen atoms in total. The van der Waals surface area contributed by atoms with Crippen molar-refractivity contribution in [3.63, 3.8) is 0 Å². The van der Waals surface area contributed by atoms with Crippen LogP contribution in [0.4, 0.5) is 0 Å². The molecule has 1 aromatic carbocycles. The minimum absolute atomic E-state index is 0.0641. The first kappa shape index (κ1) is 21.2. The van der Waals surface area contributed by atoms with Crippen LogP contribution in [0.25, 0.3) is 0 Å². The minimum Gasteiger partial charge on any atom is -0.393 e. The second kappa shape index (κ2) is 9.88. The smallest absolute Gasteiger partial charge is 0.322 e. The Hall–Kier alpha value is -1.99. The van der Waals surface area contributed by atoms with E-state index in [-0.39, 0.29) is 12.2 Å². The Kier molecular flexibility index (Phi) is 7.00. The summed E-state index contributed by atoms with van der Waals surface area (Å²) >= 11 is 0. The van der Waals surface area contributed by atoms with Crippen LogP contribution in [0, 0.1) is 0 Å². The van der Waals surface area contributed by atoms with Gasteiger partial charge in [-0.1, -0.05) is 58.3 Å². The van der Waals surface area contributed by atoms with Crippen LogP contribution in [-0.4, -0.2) is 33.3 Å². The van der Waals surface area contributed by atoms with Crippen LogP contribution in [0.3, 0.4) is 0 Å². The number of unbranched alkanes of at least 4 members (excludes halogenated alkanes) is 1. The molecule has 3 heterocycles. The maximum atomic E-state index is 12.8. The largest absolute Gasteiger partial charge is 0.393 e. The van der Waals surface area contributed by atoms with Crippen LogP contribution in [0.5, 0.6) is 0 Å². The van der Waals surface area contributed by atoms with E-state index in [9.17, 15) is 14.4 Å². The topological polar surface area (TPSA) is 65.4 Å². The van der Waals surface area contributed by atoms with Gasteiger partial charge in [-0.3, -0.25) is 14.4 Å². The SMILES string of the molecule is O=C(CCCC[C@H]1CCSS1)OC(=O)C1CCn2c(C(=O)c3ccccc3)ccc21. The van der Waals surface area contributed by atoms with Crippen molar-refractivity contribution in [2.45, 2.75) is 56.2 Å². The van der Waals surface area contributed by atoms with E-state index >= 15 is 0 Å². The molecule has 1 fully saturated rings. The molecule has 2 aliphatic rings. The van der Waals surface area contributed by atoms with Gasteiger partial charge in [0.25, 0.3) is 0 Å². The molecule has 2 atom stereocenters. The van der Waals surface area contributed by atoms with Gasteiger partial charge in [0, 0.05) is 35.2 Å². The highest BCUT2D eigenvalue weighted by atomic mass is 33.1. The lowest BCUT2D eigenvalue weighted by atomic mass is 10.1. The molecule has 1 saturated heterocycles. The summed E-state index contributed by atoms with van der Waals surface area (Å²) in [6.07, 6.45) is 4.93. The molecule has 0 spiro atoms. The Morgan fingerprint density at radius 1 is 1.03 bits per heavy atom. The highest BCUT2D eigenvalue weighted by Crippen LogP contribution is 2.40. The van der Waals surface area contributed by atoms with Gasteiger partial charge < -0.3 is 9.30 Å². The van der Waals surface area contributed by atoms with E-state index in [1.165, 1.54) is 12.2 Å². The number of ketones is 1. The Morgan fingerprint density at radius 2 is 1.87 bits per heavy atom. The third-order valence-electron chi connectivity index (χ3n) is 5.66. The zero-order valence-electron chi connectivity index (χ0n) is 16.7. The lowest BCUT2D eigenvalue weighted by Crippen LogP contribution is -2.18. The zero-order valence-corrected chi connectivity index (χ0v) is 18.4. The number of carbonyl (C=O) groups is 3. The number of ether oxygens (including phenoxy) is 1. The summed E-state index contributed by atoms with van der Waals surface area (Å²) in [6.45, 7) is 0.571. The van der Waals surface area contributed by atoms with E-state index in [1.54, 1.807) is 24.3 Å². The van der Waals surface area contributed by atoms with Gasteiger partial charge >= 0.3 is 11.9 Å². The number of benzene rings is 1. The fourth-order valence-electron chi connectivity index (χ4n) is 4.06. The Morgan fingerprint density at radius 3 is 2.63 bits per heavy atom. The Balaban J connectivity index is 1.30. The zero-order chi connectivity index (χ0) is 20.9. The number of fused-ring (bicyclic) bond motifs is 1. The fraction of sp³-hybridized carbons (Fsp3) is 0.435. The second-order valence-electron chi connectivity index (χ2n) is 7.70. The number of hydrogen-bond donors (Lipinski definition) is 0. The lowest BCUT2D eigenvalue weighted by Gasteiger charge is -2.09. The van der Waals surface area contributed by atoms with E-state index < -0.39 is 17.9 Å². The molecule has 7 heteroatoms. The van der Waals surface area contributed by atoms with Crippen LogP contribution in [0.2, 0.25) is 0 Å². The molecule has 1 aromatic heterocycles. The monoisotopic (exact) mass is 443 g/mol. The van der Waals surface area contributed by atoms with Crippen LogP contribution in [0.15, 0.2) is 42.5 Å². The molecule has 30 heavy (non-hydrogen) atoms. The van der Waals surface area contributed by atoms with E-state index in [1.807, 2.05) is 44.4 Å². The van der Waals surface area contributed by atoms with Crippen molar-refractivity contribution < 1.29 is 19.1 Å². The summed E-state index contributed by atoms with van der Waals surface area (Å²) < 4.78 is 7.01. The van der Waals surface area contributed by atoms with Crippen LogP contribution < -0.4 is 0 Å². The maximum absolute atomic E-state index is 12.8. The first-order chi connectivity index (χ1) is 14.6. The molecule has 0 saturated carbocycles. The Labute approximate surface area is 184 Å². The molecule has 2 aliphatic heterocycles. The number of esters is 2. The quantitative estimate of drug-likeness (QED) is 0.188. The third-order valence-corrected chi connectivity index (χ3v) is 8.67. The summed E-state index contributed by atoms with van der Waals surface area (Å²) in [7, 11) is 3.87. The molecular formula is C23H25NO4S2. The first-order valence-corrected chi connectivity index (χ1v) is 12.8. The Bertz CT molecular complexity index is 919.